The first-order valence-corrected chi connectivity index (χ1v) is 9.41. The lowest BCUT2D eigenvalue weighted by molar-refractivity contribution is 0.103. The summed E-state index contributed by atoms with van der Waals surface area (Å²) in [4.78, 5) is 18.4. The number of pyridine rings is 1. The highest BCUT2D eigenvalue weighted by molar-refractivity contribution is 7.99. The zero-order valence-electron chi connectivity index (χ0n) is 12.9. The van der Waals surface area contributed by atoms with E-state index in [9.17, 15) is 10.1 Å². The predicted molar refractivity (Wildman–Crippen MR) is 97.5 cm³/mol. The number of benzene rings is 1. The number of carbonyl (C=O) groups excluding carboxylic acids is 1. The third-order valence-electron chi connectivity index (χ3n) is 3.98. The van der Waals surface area contributed by atoms with Crippen LogP contribution in [0.5, 0.6) is 0 Å². The Balaban J connectivity index is 2.14. The van der Waals surface area contributed by atoms with Crippen LogP contribution < -0.4 is 0 Å². The number of ketones is 1. The predicted octanol–water partition coefficient (Wildman–Crippen LogP) is 5.01. The molecule has 4 rings (SSSR count). The number of rotatable bonds is 3. The Morgan fingerprint density at radius 3 is 2.62 bits per heavy atom. The van der Waals surface area contributed by atoms with Crippen LogP contribution in [-0.2, 0) is 0 Å². The van der Waals surface area contributed by atoms with Crippen LogP contribution in [0.15, 0.2) is 46.8 Å². The summed E-state index contributed by atoms with van der Waals surface area (Å²) < 4.78 is 0. The van der Waals surface area contributed by atoms with Crippen LogP contribution in [0, 0.1) is 11.3 Å². The first-order chi connectivity index (χ1) is 11.8. The molecule has 3 nitrogen and oxygen atoms in total. The summed E-state index contributed by atoms with van der Waals surface area (Å²) in [6.07, 6.45) is 0. The van der Waals surface area contributed by atoms with Crippen molar-refractivity contribution < 1.29 is 4.79 Å². The SMILES string of the molecule is CCSc1nc2c(c(-c3cccs3)c1C#N)-c1ccccc1C2=O. The van der Waals surface area contributed by atoms with E-state index in [1.807, 2.05) is 48.7 Å². The van der Waals surface area contributed by atoms with E-state index >= 15 is 0 Å². The molecule has 5 heteroatoms. The summed E-state index contributed by atoms with van der Waals surface area (Å²) in [5.41, 5.74) is 4.21. The number of hydrogen-bond donors (Lipinski definition) is 0. The average molecular weight is 348 g/mol. The lowest BCUT2D eigenvalue weighted by Gasteiger charge is -2.12. The summed E-state index contributed by atoms with van der Waals surface area (Å²) >= 11 is 3.08. The van der Waals surface area contributed by atoms with Gasteiger partial charge in [0.15, 0.2) is 0 Å². The van der Waals surface area contributed by atoms with Gasteiger partial charge in [0.1, 0.15) is 16.8 Å². The van der Waals surface area contributed by atoms with Crippen LogP contribution in [0.2, 0.25) is 0 Å². The standard InChI is InChI=1S/C19H12N2OS2/c1-2-23-19-13(10-20)15(14-8-5-9-24-14)16-11-6-3-4-7-12(11)18(22)17(16)21-19/h3-9H,2H2,1H3. The van der Waals surface area contributed by atoms with E-state index in [2.05, 4.69) is 11.1 Å². The van der Waals surface area contributed by atoms with Gasteiger partial charge in [-0.25, -0.2) is 4.98 Å². The number of nitriles is 1. The Labute approximate surface area is 148 Å². The second kappa shape index (κ2) is 5.90. The third-order valence-corrected chi connectivity index (χ3v) is 5.73. The fourth-order valence-corrected chi connectivity index (χ4v) is 4.53. The van der Waals surface area contributed by atoms with E-state index < -0.39 is 0 Å². The van der Waals surface area contributed by atoms with Crippen molar-refractivity contribution in [2.75, 3.05) is 5.75 Å². The summed E-state index contributed by atoms with van der Waals surface area (Å²) in [5.74, 6) is 0.742. The molecule has 0 amide bonds. The summed E-state index contributed by atoms with van der Waals surface area (Å²) in [6.45, 7) is 2.02. The first-order valence-electron chi connectivity index (χ1n) is 7.55. The molecule has 0 fully saturated rings. The number of fused-ring (bicyclic) bond motifs is 3. The van der Waals surface area contributed by atoms with Crippen LogP contribution in [0.3, 0.4) is 0 Å². The highest BCUT2D eigenvalue weighted by Gasteiger charge is 2.33. The van der Waals surface area contributed by atoms with Crippen LogP contribution in [-0.4, -0.2) is 16.5 Å². The van der Waals surface area contributed by atoms with Gasteiger partial charge in [0.2, 0.25) is 5.78 Å². The highest BCUT2D eigenvalue weighted by atomic mass is 32.2. The quantitative estimate of drug-likeness (QED) is 0.489. The molecular weight excluding hydrogens is 336 g/mol. The molecule has 1 aromatic carbocycles. The average Bonchev–Trinajstić information content (AvgIpc) is 3.22. The van der Waals surface area contributed by atoms with Crippen molar-refractivity contribution in [2.24, 2.45) is 0 Å². The molecule has 0 saturated carbocycles. The molecule has 2 heterocycles. The monoisotopic (exact) mass is 348 g/mol. The van der Waals surface area contributed by atoms with Crippen molar-refractivity contribution in [1.29, 1.82) is 5.26 Å². The summed E-state index contributed by atoms with van der Waals surface area (Å²) in [6, 6.07) is 13.8. The summed E-state index contributed by atoms with van der Waals surface area (Å²) in [7, 11) is 0. The van der Waals surface area contributed by atoms with Crippen LogP contribution in [0.1, 0.15) is 28.5 Å². The van der Waals surface area contributed by atoms with E-state index in [1.165, 1.54) is 11.8 Å². The lowest BCUT2D eigenvalue weighted by Crippen LogP contribution is -2.03. The Morgan fingerprint density at radius 2 is 1.96 bits per heavy atom. The number of thiophene rings is 1. The van der Waals surface area contributed by atoms with Gasteiger partial charge >= 0.3 is 0 Å². The molecule has 0 spiro atoms. The van der Waals surface area contributed by atoms with Gasteiger partial charge in [0.25, 0.3) is 0 Å². The van der Waals surface area contributed by atoms with Crippen molar-refractivity contribution in [2.45, 2.75) is 11.9 Å². The largest absolute Gasteiger partial charge is 0.287 e. The molecule has 0 bridgehead atoms. The van der Waals surface area contributed by atoms with E-state index in [1.54, 1.807) is 11.3 Å². The minimum Gasteiger partial charge on any atom is -0.287 e. The smallest absolute Gasteiger partial charge is 0.212 e. The maximum Gasteiger partial charge on any atom is 0.212 e. The molecular formula is C19H12N2OS2. The zero-order valence-corrected chi connectivity index (χ0v) is 14.5. The fourth-order valence-electron chi connectivity index (χ4n) is 3.03. The highest BCUT2D eigenvalue weighted by Crippen LogP contribution is 2.46. The number of thioether (sulfide) groups is 1. The first kappa shape index (κ1) is 15.1. The topological polar surface area (TPSA) is 53.8 Å². The Morgan fingerprint density at radius 1 is 1.17 bits per heavy atom. The Kier molecular flexibility index (Phi) is 3.72. The van der Waals surface area contributed by atoms with Crippen LogP contribution in [0.25, 0.3) is 21.6 Å². The molecule has 2 aromatic heterocycles. The second-order valence-corrected chi connectivity index (χ2v) is 7.49. The molecule has 0 unspecified atom stereocenters. The van der Waals surface area contributed by atoms with Crippen molar-refractivity contribution in [1.82, 2.24) is 4.98 Å². The zero-order chi connectivity index (χ0) is 16.7. The van der Waals surface area contributed by atoms with Gasteiger partial charge in [-0.05, 0) is 22.8 Å². The number of nitrogens with zero attached hydrogens (tertiary/aromatic N) is 2. The number of hydrogen-bond acceptors (Lipinski definition) is 5. The minimum atomic E-state index is -0.0548. The van der Waals surface area contributed by atoms with Gasteiger partial charge < -0.3 is 0 Å². The normalized spacial score (nSPS) is 11.9. The molecule has 3 aromatic rings. The van der Waals surface area contributed by atoms with Crippen molar-refractivity contribution in [3.05, 3.63) is 58.6 Å². The Bertz CT molecular complexity index is 1000. The minimum absolute atomic E-state index is 0.0548. The van der Waals surface area contributed by atoms with Gasteiger partial charge in [-0.2, -0.15) is 5.26 Å². The van der Waals surface area contributed by atoms with E-state index in [-0.39, 0.29) is 5.78 Å². The van der Waals surface area contributed by atoms with E-state index in [0.29, 0.717) is 21.8 Å². The van der Waals surface area contributed by atoms with Crippen molar-refractivity contribution in [3.63, 3.8) is 0 Å². The van der Waals surface area contributed by atoms with Gasteiger partial charge in [-0.15, -0.1) is 23.1 Å². The second-order valence-electron chi connectivity index (χ2n) is 5.29. The van der Waals surface area contributed by atoms with Gasteiger partial charge in [-0.3, -0.25) is 4.79 Å². The third kappa shape index (κ3) is 2.11. The molecule has 1 aliphatic carbocycles. The molecule has 0 saturated heterocycles. The van der Waals surface area contributed by atoms with Crippen LogP contribution in [0.4, 0.5) is 0 Å². The molecule has 0 atom stereocenters. The van der Waals surface area contributed by atoms with E-state index in [0.717, 1.165) is 27.3 Å². The van der Waals surface area contributed by atoms with Crippen LogP contribution >= 0.6 is 23.1 Å². The lowest BCUT2D eigenvalue weighted by atomic mass is 9.97. The van der Waals surface area contributed by atoms with Gasteiger partial charge in [0.05, 0.1) is 5.56 Å². The molecule has 24 heavy (non-hydrogen) atoms. The molecule has 0 N–H and O–H groups in total. The van der Waals surface area contributed by atoms with E-state index in [4.69, 9.17) is 0 Å². The maximum absolute atomic E-state index is 12.8. The van der Waals surface area contributed by atoms with Crippen molar-refractivity contribution >= 4 is 28.9 Å². The molecule has 116 valence electrons. The van der Waals surface area contributed by atoms with Gasteiger partial charge in [0, 0.05) is 21.6 Å². The number of carbonyl (C=O) groups is 1. The maximum atomic E-state index is 12.8. The summed E-state index contributed by atoms with van der Waals surface area (Å²) in [5, 5.41) is 12.4. The Hall–Kier alpha value is -2.42. The molecule has 0 radical (unpaired) electrons. The van der Waals surface area contributed by atoms with Crippen molar-refractivity contribution in [3.8, 4) is 27.6 Å². The van der Waals surface area contributed by atoms with Gasteiger partial charge in [-0.1, -0.05) is 37.3 Å². The molecule has 1 aliphatic rings. The fraction of sp³-hybridized carbons (Fsp3) is 0.105. The number of aromatic nitrogens is 1. The molecule has 0 aliphatic heterocycles.